The zero-order valence-corrected chi connectivity index (χ0v) is 51.0. The van der Waals surface area contributed by atoms with E-state index in [1.807, 2.05) is 0 Å². The van der Waals surface area contributed by atoms with Crippen LogP contribution < -0.4 is 36.0 Å². The molecule has 7 heteroatoms. The Bertz CT molecular complexity index is 7130. The maximum atomic E-state index is 11.7. The average molecular weight is 1210 g/mol. The molecule has 0 aliphatic carbocycles. The molecule has 0 spiro atoms. The van der Waals surface area contributed by atoms with Gasteiger partial charge in [-0.2, -0.15) is 0 Å². The lowest BCUT2D eigenvalue weighted by Gasteiger charge is -2.47. The summed E-state index contributed by atoms with van der Waals surface area (Å²) in [6, 6.07) is -38.5. The van der Waals surface area contributed by atoms with E-state index in [1.165, 1.54) is 0 Å². The van der Waals surface area contributed by atoms with Gasteiger partial charge in [-0.15, -0.1) is 11.3 Å². The van der Waals surface area contributed by atoms with Gasteiger partial charge < -0.3 is 24.2 Å². The van der Waals surface area contributed by atoms with Gasteiger partial charge >= 0.3 is 0 Å². The Morgan fingerprint density at radius 2 is 0.854 bits per heavy atom. The van der Waals surface area contributed by atoms with Crippen LogP contribution in [0, 0.1) is 0 Å². The van der Waals surface area contributed by atoms with E-state index in [-0.39, 0.29) is 43.2 Å². The largest absolute Gasteiger partial charge is 0.311 e. The zero-order valence-electron chi connectivity index (χ0n) is 88.2. The third-order valence-electron chi connectivity index (χ3n) is 16.0. The number of aromatic nitrogens is 1. The monoisotopic (exact) mass is 1210 g/mol. The maximum Gasteiger partial charge on any atom is 0.252 e. The summed E-state index contributed by atoms with van der Waals surface area (Å²) < 4.78 is 384. The Balaban J connectivity index is 1.28. The lowest BCUT2D eigenvalue weighted by Crippen LogP contribution is -2.61. The maximum absolute atomic E-state index is 11.7. The van der Waals surface area contributed by atoms with Gasteiger partial charge in [-0.05, 0) is 181 Å². The number of hydrogen-bond acceptors (Lipinski definition) is 5. The number of fused-ring (bicyclic) bond motifs is 12. The predicted octanol–water partition coefficient (Wildman–Crippen LogP) is 21.7. The molecule has 16 rings (SSSR count). The fourth-order valence-corrected chi connectivity index (χ4v) is 12.6. The second kappa shape index (κ2) is 19.6. The van der Waals surface area contributed by atoms with Gasteiger partial charge in [-0.1, -0.05) is 192 Å². The summed E-state index contributed by atoms with van der Waals surface area (Å²) in [6.45, 7) is 16.8. The van der Waals surface area contributed by atoms with E-state index < -0.39 is 369 Å². The van der Waals surface area contributed by atoms with Crippen molar-refractivity contribution >= 4 is 145 Å². The van der Waals surface area contributed by atoms with Gasteiger partial charge in [0.05, 0.1) is 91.6 Å². The first-order valence-corrected chi connectivity index (χ1v) is 29.4. The SMILES string of the molecule is [2H]c1c([2H])c([2H])c(N(c2c([2H])c([2H])c([2H])c([2H])c2[2H])c2c([2H])c3c4c(c2[2H])N2c5c(c([2H])c([2H])c([2H])c5-n5c6c([2H])c([2H])c(C(C)(C)C)c([2H])c6c6c([2H])c(C(C)(C)C)c([2H])c2c65)B4c2c([2H])c([2H])c(N(c4c([2H])c([2H])c(C(C)(C)C)c([2H])c4[2H])c4c([2H])c([2H])c(C(C)(C)C)c([2H])c4[2H])c([2H])c2N3c2c([2H])c([2H])c([2H])c3sc4c([2H])c([2H])c([2H])c([2H])c4c23)c([2H])c1[2H]. The van der Waals surface area contributed by atoms with Crippen LogP contribution in [0.5, 0.6) is 0 Å². The van der Waals surface area contributed by atoms with Crippen molar-refractivity contribution in [1.82, 2.24) is 4.57 Å². The molecule has 5 heterocycles. The van der Waals surface area contributed by atoms with Gasteiger partial charge in [-0.25, -0.2) is 0 Å². The summed E-state index contributed by atoms with van der Waals surface area (Å²) in [5.41, 5.74) is -21.5. The molecule has 2 aromatic heterocycles. The Hall–Kier alpha value is -9.30. The van der Waals surface area contributed by atoms with Crippen LogP contribution in [-0.4, -0.2) is 11.3 Å². The minimum absolute atomic E-state index is 0.0453. The molecule has 0 fully saturated rings. The lowest BCUT2D eigenvalue weighted by molar-refractivity contribution is 0.590. The first kappa shape index (κ1) is 28.0. The number of nitrogens with zero attached hydrogens (tertiary/aromatic N) is 5. The summed E-state index contributed by atoms with van der Waals surface area (Å²) in [6.07, 6.45) is 0. The van der Waals surface area contributed by atoms with E-state index in [4.69, 9.17) is 4.11 Å². The molecule has 436 valence electrons. The molecule has 0 bridgehead atoms. The Kier molecular flexibility index (Phi) is 6.17. The van der Waals surface area contributed by atoms with Crippen molar-refractivity contribution in [3.8, 4) is 5.69 Å². The second-order valence-corrected chi connectivity index (χ2v) is 27.1. The number of anilines is 12. The smallest absolute Gasteiger partial charge is 0.252 e. The Labute approximate surface area is 582 Å². The van der Waals surface area contributed by atoms with E-state index in [0.717, 1.165) is 14.4 Å². The summed E-state index contributed by atoms with van der Waals surface area (Å²) in [7, 11) is 0. The fraction of sp³-hybridized carbons (Fsp3) is 0.195. The van der Waals surface area contributed by atoms with Crippen LogP contribution in [0.25, 0.3) is 47.7 Å². The Morgan fingerprint density at radius 1 is 0.348 bits per heavy atom. The number of rotatable bonds is 7. The summed E-state index contributed by atoms with van der Waals surface area (Å²) in [5, 5.41) is -1.73. The molecule has 0 amide bonds. The molecule has 3 aliphatic rings. The van der Waals surface area contributed by atoms with Crippen molar-refractivity contribution < 1.29 is 52.1 Å². The van der Waals surface area contributed by atoms with E-state index in [2.05, 4.69) is 0 Å². The van der Waals surface area contributed by atoms with Crippen LogP contribution >= 0.6 is 11.3 Å². The highest BCUT2D eigenvalue weighted by Crippen LogP contribution is 2.56. The van der Waals surface area contributed by atoms with Crippen LogP contribution in [-0.2, 0) is 21.7 Å². The van der Waals surface area contributed by atoms with Crippen molar-refractivity contribution in [3.05, 3.63) is 252 Å². The summed E-state index contributed by atoms with van der Waals surface area (Å²) >= 11 is 0.476. The average Bonchev–Trinajstić information content (AvgIpc) is 1.63. The van der Waals surface area contributed by atoms with E-state index in [0.29, 0.717) is 21.1 Å². The highest BCUT2D eigenvalue weighted by Gasteiger charge is 2.47. The molecule has 0 radical (unpaired) electrons. The molecule has 89 heavy (non-hydrogen) atoms. The van der Waals surface area contributed by atoms with Crippen LogP contribution in [0.2, 0.25) is 0 Å². The van der Waals surface area contributed by atoms with Crippen LogP contribution in [0.15, 0.2) is 230 Å². The Morgan fingerprint density at radius 3 is 1.48 bits per heavy atom. The van der Waals surface area contributed by atoms with Crippen LogP contribution in [0.4, 0.5) is 68.2 Å². The van der Waals surface area contributed by atoms with Crippen molar-refractivity contribution in [1.29, 1.82) is 0 Å². The highest BCUT2D eigenvalue weighted by molar-refractivity contribution is 7.26. The quantitative estimate of drug-likeness (QED) is 0.148. The molecule has 0 unspecified atom stereocenters. The molecule has 0 N–H and O–H groups in total. The second-order valence-electron chi connectivity index (χ2n) is 26.1. The molecule has 11 aromatic carbocycles. The van der Waals surface area contributed by atoms with Gasteiger partial charge in [0, 0.05) is 76.4 Å². The minimum Gasteiger partial charge on any atom is -0.311 e. The molecule has 13 aromatic rings. The first-order chi connectivity index (χ1) is 58.6. The van der Waals surface area contributed by atoms with Crippen molar-refractivity contribution in [2.24, 2.45) is 0 Å². The summed E-state index contributed by atoms with van der Waals surface area (Å²) in [4.78, 5) is 2.68. The number of benzene rings is 11. The topological polar surface area (TPSA) is 17.9 Å². The highest BCUT2D eigenvalue weighted by atomic mass is 32.1. The van der Waals surface area contributed by atoms with Crippen LogP contribution in [0.1, 0.15) is 157 Å². The van der Waals surface area contributed by atoms with Gasteiger partial charge in [0.1, 0.15) is 0 Å². The predicted molar refractivity (Wildman–Crippen MR) is 385 cm³/mol. The van der Waals surface area contributed by atoms with E-state index >= 15 is 0 Å². The normalized spacial score (nSPS) is 19.5. The third-order valence-corrected chi connectivity index (χ3v) is 17.0. The molecule has 5 nitrogen and oxygen atoms in total. The molecular formula is C82H74BN5S. The molecular weight excluding hydrogens is 1100 g/mol. The van der Waals surface area contributed by atoms with Crippen molar-refractivity contribution in [2.45, 2.75) is 105 Å². The third kappa shape index (κ3) is 8.63. The van der Waals surface area contributed by atoms with Gasteiger partial charge in [0.15, 0.2) is 0 Å². The molecule has 3 aliphatic heterocycles. The molecule has 0 saturated heterocycles. The van der Waals surface area contributed by atoms with Crippen molar-refractivity contribution in [3.63, 3.8) is 0 Å². The molecule has 0 atom stereocenters. The number of thiophene rings is 1. The zero-order chi connectivity index (χ0) is 94.3. The van der Waals surface area contributed by atoms with Gasteiger partial charge in [0.2, 0.25) is 0 Å². The van der Waals surface area contributed by atoms with Crippen LogP contribution in [0.3, 0.4) is 0 Å². The first-order valence-electron chi connectivity index (χ1n) is 47.6. The minimum atomic E-state index is -2.41. The standard InChI is InChI=1S/C82H74BN5S/c1-79(2,3)51-33-38-57(39-34-51)84(58-40-35-52(36-41-58)80(4,5)6)59-42-43-64-69(48-59)86(67-29-22-32-74-75(67)61-27-19-20-31-73(61)89-74)70-49-60(85(55-23-15-13-16-24-55)56-25-17-14-18-26-56)50-71-76(70)83(64)65-28-21-30-68-78(65)88(71)72-47-54(82(10,11)12)46-63-62-45-53(81(7,8)9)37-44-66(62)87(68)77(63)72/h13-50H,1-12H3/i13D,14D,15D,16D,17D,18D,19D,20D,21D,22D,23D,24D,25D,26D,27D,28D,29D,30D,31D,32D,33D,34D,35D,36D,37D,38D,39D,40D,41D,42D,43D,44D,45D,46D,47D,48D,49D,50D. The fourth-order valence-electron chi connectivity index (χ4n) is 11.6. The number of hydrogen-bond donors (Lipinski definition) is 0. The summed E-state index contributed by atoms with van der Waals surface area (Å²) in [5.74, 6) is 0. The molecule has 0 saturated carbocycles. The van der Waals surface area contributed by atoms with Gasteiger partial charge in [-0.3, -0.25) is 0 Å². The van der Waals surface area contributed by atoms with E-state index in [9.17, 15) is 48.0 Å². The van der Waals surface area contributed by atoms with Crippen molar-refractivity contribution in [2.75, 3.05) is 19.6 Å². The van der Waals surface area contributed by atoms with E-state index in [1.54, 1.807) is 83.1 Å². The lowest BCUT2D eigenvalue weighted by atomic mass is 9.33. The number of para-hydroxylation sites is 3. The van der Waals surface area contributed by atoms with Gasteiger partial charge in [0.25, 0.3) is 6.71 Å².